The Bertz CT molecular complexity index is 964. The van der Waals surface area contributed by atoms with E-state index in [0.717, 1.165) is 5.56 Å². The van der Waals surface area contributed by atoms with Crippen molar-refractivity contribution in [2.24, 2.45) is 0 Å². The molecule has 0 aliphatic carbocycles. The second kappa shape index (κ2) is 9.91. The topological polar surface area (TPSA) is 69.6 Å². The van der Waals surface area contributed by atoms with E-state index in [9.17, 15) is 14.7 Å². The monoisotopic (exact) mass is 446 g/mol. The highest BCUT2D eigenvalue weighted by Gasteiger charge is 2.31. The molecule has 0 radical (unpaired) electrons. The number of thioether (sulfide) groups is 1. The third kappa shape index (κ3) is 5.82. The Kier molecular flexibility index (Phi) is 7.30. The lowest BCUT2D eigenvalue weighted by Crippen LogP contribution is -2.30. The first-order chi connectivity index (χ1) is 13.9. The van der Waals surface area contributed by atoms with E-state index in [-0.39, 0.29) is 17.6 Å². The van der Waals surface area contributed by atoms with Gasteiger partial charge in [0.2, 0.25) is 5.91 Å². The number of benzene rings is 2. The van der Waals surface area contributed by atoms with Crippen molar-refractivity contribution in [3.8, 4) is 5.75 Å². The number of phenolic OH excluding ortho intramolecular Hbond substituents is 1. The average molecular weight is 447 g/mol. The maximum Gasteiger partial charge on any atom is 0.266 e. The van der Waals surface area contributed by atoms with Crippen LogP contribution < -0.4 is 5.32 Å². The normalized spacial score (nSPS) is 15.2. The highest BCUT2D eigenvalue weighted by molar-refractivity contribution is 8.26. The lowest BCUT2D eigenvalue weighted by molar-refractivity contribution is -0.124. The summed E-state index contributed by atoms with van der Waals surface area (Å²) in [6, 6.07) is 14.3. The molecule has 2 aromatic carbocycles. The molecule has 8 heteroatoms. The summed E-state index contributed by atoms with van der Waals surface area (Å²) >= 11 is 12.4. The Hall–Kier alpha value is -2.35. The molecule has 2 aromatic rings. The van der Waals surface area contributed by atoms with Crippen LogP contribution in [0.25, 0.3) is 6.08 Å². The van der Waals surface area contributed by atoms with Gasteiger partial charge in [0.15, 0.2) is 0 Å². The van der Waals surface area contributed by atoms with Crippen molar-refractivity contribution >= 4 is 57.8 Å². The lowest BCUT2D eigenvalue weighted by Gasteiger charge is -2.14. The van der Waals surface area contributed by atoms with E-state index in [1.54, 1.807) is 18.2 Å². The maximum atomic E-state index is 12.6. The number of nitrogens with one attached hydrogen (secondary N) is 1. The van der Waals surface area contributed by atoms with Gasteiger partial charge in [-0.2, -0.15) is 0 Å². The summed E-state index contributed by atoms with van der Waals surface area (Å²) in [6.45, 7) is 0.842. The number of hydrogen-bond donors (Lipinski definition) is 2. The number of aromatic hydroxyl groups is 1. The molecule has 0 saturated carbocycles. The van der Waals surface area contributed by atoms with Crippen LogP contribution in [-0.2, 0) is 16.1 Å². The summed E-state index contributed by atoms with van der Waals surface area (Å²) in [7, 11) is 0. The van der Waals surface area contributed by atoms with Gasteiger partial charge in [-0.05, 0) is 36.3 Å². The molecule has 1 heterocycles. The van der Waals surface area contributed by atoms with Crippen molar-refractivity contribution in [1.29, 1.82) is 0 Å². The van der Waals surface area contributed by atoms with Crippen LogP contribution in [0.5, 0.6) is 5.75 Å². The van der Waals surface area contributed by atoms with Gasteiger partial charge in [0.05, 0.1) is 4.91 Å². The van der Waals surface area contributed by atoms with Crippen molar-refractivity contribution in [1.82, 2.24) is 10.2 Å². The van der Waals surface area contributed by atoms with Gasteiger partial charge in [-0.3, -0.25) is 14.5 Å². The molecule has 0 atom stereocenters. The summed E-state index contributed by atoms with van der Waals surface area (Å²) in [6.07, 6.45) is 2.38. The molecular weight excluding hydrogens is 428 g/mol. The van der Waals surface area contributed by atoms with Crippen LogP contribution in [0.4, 0.5) is 0 Å². The first-order valence-corrected chi connectivity index (χ1v) is 10.6. The Morgan fingerprint density at radius 3 is 2.76 bits per heavy atom. The van der Waals surface area contributed by atoms with Gasteiger partial charge < -0.3 is 10.4 Å². The number of halogens is 1. The molecule has 0 aromatic heterocycles. The third-order valence-corrected chi connectivity index (χ3v) is 5.88. The van der Waals surface area contributed by atoms with Crippen LogP contribution in [0, 0.1) is 0 Å². The van der Waals surface area contributed by atoms with Crippen LogP contribution in [-0.4, -0.2) is 32.7 Å². The molecule has 0 unspecified atom stereocenters. The SMILES string of the molecule is O=C(CCCN1C(=O)/C(=C/c2cc(Cl)ccc2O)SC1=S)NCc1ccccc1. The number of phenols is 1. The van der Waals surface area contributed by atoms with Crippen molar-refractivity contribution < 1.29 is 14.7 Å². The van der Waals surface area contributed by atoms with E-state index in [1.807, 2.05) is 30.3 Å². The lowest BCUT2D eigenvalue weighted by atomic mass is 10.2. The first kappa shape index (κ1) is 21.4. The van der Waals surface area contributed by atoms with Gasteiger partial charge in [0, 0.05) is 30.1 Å². The molecule has 3 rings (SSSR count). The van der Waals surface area contributed by atoms with Crippen LogP contribution in [0.3, 0.4) is 0 Å². The summed E-state index contributed by atoms with van der Waals surface area (Å²) in [5, 5.41) is 13.3. The molecule has 29 heavy (non-hydrogen) atoms. The fourth-order valence-electron chi connectivity index (χ4n) is 2.76. The summed E-state index contributed by atoms with van der Waals surface area (Å²) < 4.78 is 0.437. The van der Waals surface area contributed by atoms with Crippen molar-refractivity contribution in [3.05, 3.63) is 69.6 Å². The number of nitrogens with zero attached hydrogens (tertiary/aromatic N) is 1. The smallest absolute Gasteiger partial charge is 0.266 e. The van der Waals surface area contributed by atoms with Crippen molar-refractivity contribution in [2.45, 2.75) is 19.4 Å². The Balaban J connectivity index is 1.52. The minimum Gasteiger partial charge on any atom is -0.507 e. The van der Waals surface area contributed by atoms with E-state index >= 15 is 0 Å². The largest absolute Gasteiger partial charge is 0.507 e. The molecule has 5 nitrogen and oxygen atoms in total. The standard InChI is InChI=1S/C21H19ClN2O3S2/c22-16-8-9-17(25)15(11-16)12-18-20(27)24(21(28)29-18)10-4-7-19(26)23-13-14-5-2-1-3-6-14/h1-3,5-6,8-9,11-12,25H,4,7,10,13H2,(H,23,26)/b18-12-. The van der Waals surface area contributed by atoms with E-state index in [0.29, 0.717) is 45.7 Å². The summed E-state index contributed by atoms with van der Waals surface area (Å²) in [4.78, 5) is 26.6. The predicted octanol–water partition coefficient (Wildman–Crippen LogP) is 4.34. The van der Waals surface area contributed by atoms with E-state index in [2.05, 4.69) is 5.32 Å². The highest BCUT2D eigenvalue weighted by atomic mass is 35.5. The van der Waals surface area contributed by atoms with Gasteiger partial charge >= 0.3 is 0 Å². The number of thiocarbonyl (C=S) groups is 1. The number of hydrogen-bond acceptors (Lipinski definition) is 5. The molecule has 2 amide bonds. The fraction of sp³-hybridized carbons (Fsp3) is 0.190. The average Bonchev–Trinajstić information content (AvgIpc) is 2.97. The second-order valence-corrected chi connectivity index (χ2v) is 8.51. The zero-order valence-electron chi connectivity index (χ0n) is 15.4. The fourth-order valence-corrected chi connectivity index (χ4v) is 4.24. The number of rotatable bonds is 7. The van der Waals surface area contributed by atoms with Gasteiger partial charge in [-0.25, -0.2) is 0 Å². The molecule has 2 N–H and O–H groups in total. The molecule has 1 aliphatic heterocycles. The number of carbonyl (C=O) groups excluding carboxylic acids is 2. The Morgan fingerprint density at radius 2 is 2.00 bits per heavy atom. The molecule has 1 aliphatic rings. The zero-order chi connectivity index (χ0) is 20.8. The summed E-state index contributed by atoms with van der Waals surface area (Å²) in [5.74, 6) is -0.266. The number of carbonyl (C=O) groups is 2. The van der Waals surface area contributed by atoms with Crippen LogP contribution >= 0.6 is 35.6 Å². The molecule has 0 spiro atoms. The van der Waals surface area contributed by atoms with Gasteiger partial charge in [-0.1, -0.05) is 65.9 Å². The minimum atomic E-state index is -0.232. The van der Waals surface area contributed by atoms with Gasteiger partial charge in [-0.15, -0.1) is 0 Å². The van der Waals surface area contributed by atoms with E-state index in [1.165, 1.54) is 22.7 Å². The molecule has 150 valence electrons. The van der Waals surface area contributed by atoms with Crippen LogP contribution in [0.1, 0.15) is 24.0 Å². The van der Waals surface area contributed by atoms with Crippen molar-refractivity contribution in [2.75, 3.05) is 6.54 Å². The van der Waals surface area contributed by atoms with Crippen molar-refractivity contribution in [3.63, 3.8) is 0 Å². The Morgan fingerprint density at radius 1 is 1.24 bits per heavy atom. The molecular formula is C21H19ClN2O3S2. The quantitative estimate of drug-likeness (QED) is 0.489. The highest BCUT2D eigenvalue weighted by Crippen LogP contribution is 2.34. The first-order valence-electron chi connectivity index (χ1n) is 8.98. The van der Waals surface area contributed by atoms with Gasteiger partial charge in [0.25, 0.3) is 5.91 Å². The minimum absolute atomic E-state index is 0.0368. The molecule has 1 saturated heterocycles. The van der Waals surface area contributed by atoms with E-state index < -0.39 is 0 Å². The van der Waals surface area contributed by atoms with Crippen LogP contribution in [0.2, 0.25) is 5.02 Å². The zero-order valence-corrected chi connectivity index (χ0v) is 17.8. The Labute approximate surface area is 183 Å². The third-order valence-electron chi connectivity index (χ3n) is 4.27. The van der Waals surface area contributed by atoms with E-state index in [4.69, 9.17) is 23.8 Å². The predicted molar refractivity (Wildman–Crippen MR) is 121 cm³/mol. The molecule has 1 fully saturated rings. The summed E-state index contributed by atoms with van der Waals surface area (Å²) in [5.41, 5.74) is 1.49. The molecule has 0 bridgehead atoms. The number of amides is 2. The second-order valence-electron chi connectivity index (χ2n) is 6.40. The maximum absolute atomic E-state index is 12.6. The van der Waals surface area contributed by atoms with Gasteiger partial charge in [0.1, 0.15) is 10.1 Å². The van der Waals surface area contributed by atoms with Crippen LogP contribution in [0.15, 0.2) is 53.4 Å².